The van der Waals surface area contributed by atoms with E-state index in [2.05, 4.69) is 128 Å². The summed E-state index contributed by atoms with van der Waals surface area (Å²) < 4.78 is 3.82. The molecule has 0 unspecified atom stereocenters. The minimum atomic E-state index is -0.883. The van der Waals surface area contributed by atoms with Gasteiger partial charge < -0.3 is 0 Å². The Morgan fingerprint density at radius 2 is 1.20 bits per heavy atom. The second kappa shape index (κ2) is 16.8. The molecule has 0 spiro atoms. The third-order valence-corrected chi connectivity index (χ3v) is 11.4. The first kappa shape index (κ1) is 38.0. The lowest BCUT2D eigenvalue weighted by molar-refractivity contribution is 0.451. The van der Waals surface area contributed by atoms with Crippen LogP contribution in [0, 0.1) is 0 Å². The first-order valence-electron chi connectivity index (χ1n) is 20.5. The molecule has 0 atom stereocenters. The van der Waals surface area contributed by atoms with E-state index in [9.17, 15) is 4.79 Å². The molecule has 0 aliphatic carbocycles. The fourth-order valence-corrected chi connectivity index (χ4v) is 8.34. The van der Waals surface area contributed by atoms with Crippen LogP contribution in [0.2, 0.25) is 0 Å². The van der Waals surface area contributed by atoms with Crippen molar-refractivity contribution in [2.75, 3.05) is 0 Å². The Bertz CT molecular complexity index is 2860. The maximum absolute atomic E-state index is 14.4. The van der Waals surface area contributed by atoms with Crippen molar-refractivity contribution in [2.45, 2.75) is 38.3 Å². The summed E-state index contributed by atoms with van der Waals surface area (Å²) in [6.45, 7) is 6.91. The van der Waals surface area contributed by atoms with Crippen molar-refractivity contribution < 1.29 is 0 Å². The van der Waals surface area contributed by atoms with Gasteiger partial charge in [-0.25, -0.2) is 9.67 Å². The van der Waals surface area contributed by atoms with Crippen molar-refractivity contribution in [3.8, 4) is 22.5 Å². The smallest absolute Gasteiger partial charge is 0.261 e. The Labute approximate surface area is 350 Å². The van der Waals surface area contributed by atoms with Crippen molar-refractivity contribution in [3.05, 3.63) is 244 Å². The molecule has 0 aliphatic heterocycles. The minimum absolute atomic E-state index is 0.0474. The third-order valence-electron chi connectivity index (χ3n) is 11.4. The second-order valence-electron chi connectivity index (χ2n) is 15.1. The lowest BCUT2D eigenvalue weighted by atomic mass is 9.77. The second-order valence-corrected chi connectivity index (χ2v) is 15.1. The molecule has 0 saturated heterocycles. The van der Waals surface area contributed by atoms with Gasteiger partial charge in [-0.05, 0) is 79.1 Å². The monoisotopic (exact) mass is 780 g/mol. The highest BCUT2D eigenvalue weighted by molar-refractivity contribution is 5.86. The van der Waals surface area contributed by atoms with Crippen LogP contribution in [-0.4, -0.2) is 29.8 Å². The zero-order valence-corrected chi connectivity index (χ0v) is 33.5. The molecule has 0 bridgehead atoms. The molecule has 0 saturated carbocycles. The van der Waals surface area contributed by atoms with Gasteiger partial charge in [0.2, 0.25) is 0 Å². The van der Waals surface area contributed by atoms with Gasteiger partial charge in [-0.2, -0.15) is 0 Å². The third kappa shape index (κ3) is 7.04. The maximum atomic E-state index is 14.4. The van der Waals surface area contributed by atoms with Crippen LogP contribution < -0.4 is 5.56 Å². The zero-order chi connectivity index (χ0) is 40.9. The summed E-state index contributed by atoms with van der Waals surface area (Å²) in [5.74, 6) is 1.43. The van der Waals surface area contributed by atoms with Crippen LogP contribution in [0.1, 0.15) is 59.0 Å². The van der Waals surface area contributed by atoms with Gasteiger partial charge in [0.1, 0.15) is 11.4 Å². The molecule has 7 aromatic carbocycles. The van der Waals surface area contributed by atoms with Crippen LogP contribution in [0.5, 0.6) is 0 Å². The number of unbranched alkanes of at least 4 members (excludes halogenated alkanes) is 1. The van der Waals surface area contributed by atoms with Crippen LogP contribution in [0.3, 0.4) is 0 Å². The first-order valence-corrected chi connectivity index (χ1v) is 20.5. The zero-order valence-electron chi connectivity index (χ0n) is 33.5. The van der Waals surface area contributed by atoms with E-state index in [0.717, 1.165) is 80.7 Å². The molecule has 7 heteroatoms. The van der Waals surface area contributed by atoms with Gasteiger partial charge in [-0.1, -0.05) is 196 Å². The highest BCUT2D eigenvalue weighted by atomic mass is 16.1. The highest BCUT2D eigenvalue weighted by Gasteiger charge is 2.42. The molecule has 60 heavy (non-hydrogen) atoms. The van der Waals surface area contributed by atoms with Crippen molar-refractivity contribution >= 4 is 16.5 Å². The quantitative estimate of drug-likeness (QED) is 0.109. The van der Waals surface area contributed by atoms with Crippen LogP contribution in [0.4, 0.5) is 0 Å². The molecule has 0 aliphatic rings. The van der Waals surface area contributed by atoms with E-state index in [1.165, 1.54) is 0 Å². The summed E-state index contributed by atoms with van der Waals surface area (Å²) in [6.07, 6.45) is 2.66. The Kier molecular flexibility index (Phi) is 10.6. The predicted octanol–water partition coefficient (Wildman–Crippen LogP) is 11.0. The first-order chi connectivity index (χ1) is 29.6. The van der Waals surface area contributed by atoms with E-state index < -0.39 is 5.54 Å². The SMILES string of the molecule is C=C(c1ccccc1)c1ccc2nc(CCCC)n(Cc3ccc(-c4ccccc4-c4nnnn4C(c4ccccc4)(c4ccccc4)c4ccccc4)cc3)c(=O)c2c1. The van der Waals surface area contributed by atoms with Crippen LogP contribution >= 0.6 is 0 Å². The van der Waals surface area contributed by atoms with E-state index in [0.29, 0.717) is 23.3 Å². The van der Waals surface area contributed by atoms with E-state index in [1.807, 2.05) is 88.1 Å². The molecule has 0 amide bonds. The molecule has 9 rings (SSSR count). The van der Waals surface area contributed by atoms with Gasteiger partial charge in [0.25, 0.3) is 5.56 Å². The van der Waals surface area contributed by atoms with Gasteiger partial charge >= 0.3 is 0 Å². The summed E-state index contributed by atoms with van der Waals surface area (Å²) in [6, 6.07) is 64.0. The van der Waals surface area contributed by atoms with E-state index in [4.69, 9.17) is 15.3 Å². The normalized spacial score (nSPS) is 11.5. The molecule has 292 valence electrons. The summed E-state index contributed by atoms with van der Waals surface area (Å²) in [5.41, 5.74) is 9.57. The predicted molar refractivity (Wildman–Crippen MR) is 242 cm³/mol. The highest BCUT2D eigenvalue weighted by Crippen LogP contribution is 2.43. The number of aromatic nitrogens is 6. The topological polar surface area (TPSA) is 78.5 Å². The van der Waals surface area contributed by atoms with Crippen LogP contribution in [0.15, 0.2) is 199 Å². The maximum Gasteiger partial charge on any atom is 0.261 e. The average molecular weight is 781 g/mol. The molecule has 9 aromatic rings. The molecule has 0 fully saturated rings. The molecule has 0 radical (unpaired) electrons. The Morgan fingerprint density at radius 1 is 0.633 bits per heavy atom. The number of fused-ring (bicyclic) bond motifs is 1. The molecule has 7 nitrogen and oxygen atoms in total. The van der Waals surface area contributed by atoms with E-state index in [-0.39, 0.29) is 5.56 Å². The lowest BCUT2D eigenvalue weighted by Gasteiger charge is -2.36. The van der Waals surface area contributed by atoms with Crippen molar-refractivity contribution in [1.29, 1.82) is 0 Å². The Balaban J connectivity index is 1.11. The fourth-order valence-electron chi connectivity index (χ4n) is 8.34. The number of hydrogen-bond donors (Lipinski definition) is 0. The van der Waals surface area contributed by atoms with Crippen molar-refractivity contribution in [2.24, 2.45) is 0 Å². The Morgan fingerprint density at radius 3 is 1.80 bits per heavy atom. The summed E-state index contributed by atoms with van der Waals surface area (Å²) in [7, 11) is 0. The van der Waals surface area contributed by atoms with Gasteiger partial charge in [0, 0.05) is 12.0 Å². The fraction of sp³-hybridized carbons (Fsp3) is 0.113. The number of rotatable bonds is 13. The van der Waals surface area contributed by atoms with Gasteiger partial charge in [-0.15, -0.1) is 5.10 Å². The lowest BCUT2D eigenvalue weighted by Crippen LogP contribution is -2.39. The van der Waals surface area contributed by atoms with Gasteiger partial charge in [0.15, 0.2) is 5.82 Å². The van der Waals surface area contributed by atoms with Gasteiger partial charge in [0.05, 0.1) is 17.4 Å². The van der Waals surface area contributed by atoms with Crippen molar-refractivity contribution in [1.82, 2.24) is 29.8 Å². The largest absolute Gasteiger partial charge is 0.292 e. The number of hydrogen-bond acceptors (Lipinski definition) is 5. The average Bonchev–Trinajstić information content (AvgIpc) is 3.81. The van der Waals surface area contributed by atoms with Crippen molar-refractivity contribution in [3.63, 3.8) is 0 Å². The van der Waals surface area contributed by atoms with Crippen LogP contribution in [0.25, 0.3) is 39.0 Å². The summed E-state index contributed by atoms with van der Waals surface area (Å²) >= 11 is 0. The summed E-state index contributed by atoms with van der Waals surface area (Å²) in [4.78, 5) is 19.4. The standard InChI is InChI=1S/C53H44N6O/c1-3-4-29-50-54-49-35-34-42(38(2)40-19-9-5-10-20-40)36-48(49)52(60)58(50)37-39-30-32-41(33-31-39)46-27-17-18-28-47(46)51-55-56-57-59(51)53(43-21-11-6-12-22-43,44-23-13-7-14-24-44)45-25-15-8-16-26-45/h5-28,30-36H,2-4,29,37H2,1H3. The molecule has 0 N–H and O–H groups in total. The van der Waals surface area contributed by atoms with E-state index >= 15 is 0 Å². The number of aryl methyl sites for hydroxylation is 1. The molecule has 2 heterocycles. The minimum Gasteiger partial charge on any atom is -0.292 e. The van der Waals surface area contributed by atoms with E-state index in [1.54, 1.807) is 0 Å². The molecule has 2 aromatic heterocycles. The number of nitrogens with zero attached hydrogens (tertiary/aromatic N) is 6. The molecular weight excluding hydrogens is 737 g/mol. The summed E-state index contributed by atoms with van der Waals surface area (Å²) in [5, 5.41) is 14.5. The number of benzene rings is 7. The number of tetrazole rings is 1. The molecular formula is C53H44N6O. The van der Waals surface area contributed by atoms with Gasteiger partial charge in [-0.3, -0.25) is 9.36 Å². The van der Waals surface area contributed by atoms with Crippen LogP contribution in [-0.2, 0) is 18.5 Å². The Hall–Kier alpha value is -7.51.